The number of carbonyl (C=O) groups is 4. The average Bonchev–Trinajstić information content (AvgIpc) is 2.95. The fourth-order valence-corrected chi connectivity index (χ4v) is 3.57. The Morgan fingerprint density at radius 1 is 0.833 bits per heavy atom. The lowest BCUT2D eigenvalue weighted by atomic mass is 10.1. The van der Waals surface area contributed by atoms with Crippen LogP contribution in [0.3, 0.4) is 0 Å². The molecule has 3 aromatic carbocycles. The Balaban J connectivity index is 1.75. The predicted molar refractivity (Wildman–Crippen MR) is 157 cm³/mol. The van der Waals surface area contributed by atoms with Crippen molar-refractivity contribution in [2.45, 2.75) is 39.4 Å². The lowest BCUT2D eigenvalue weighted by molar-refractivity contribution is -0.140. The molecular weight excluding hydrogens is 540 g/mol. The van der Waals surface area contributed by atoms with Crippen LogP contribution in [0.5, 0.6) is 5.75 Å². The molecular formula is C31H34N4O7. The summed E-state index contributed by atoms with van der Waals surface area (Å²) < 4.78 is 15.7. The normalized spacial score (nSPS) is 10.7. The number of anilines is 1. The first-order valence-corrected chi connectivity index (χ1v) is 13.1. The van der Waals surface area contributed by atoms with Gasteiger partial charge < -0.3 is 24.8 Å². The van der Waals surface area contributed by atoms with Crippen molar-refractivity contribution >= 4 is 35.4 Å². The van der Waals surface area contributed by atoms with Gasteiger partial charge in [-0.3, -0.25) is 25.1 Å². The smallest absolute Gasteiger partial charge is 0.413 e. The van der Waals surface area contributed by atoms with Crippen molar-refractivity contribution in [3.05, 3.63) is 95.1 Å². The molecule has 42 heavy (non-hydrogen) atoms. The molecule has 0 atom stereocenters. The summed E-state index contributed by atoms with van der Waals surface area (Å²) in [5.41, 5.74) is 1.36. The molecule has 0 saturated carbocycles. The third kappa shape index (κ3) is 9.77. The van der Waals surface area contributed by atoms with E-state index in [4.69, 9.17) is 14.9 Å². The standard InChI is InChI=1S/C31H34N4O7/c1-31(2,3)42-30(39)35-27(32)21-10-12-22(13-11-21)29(38)34-24-18-23(28(37)33-17-16-26(36)40-4)14-15-25(24)41-19-20-8-6-5-7-9-20/h5-15,18H,16-17,19H2,1-4H3,(H,33,37)(H,34,38)(H2,32,35,39). The molecule has 0 aliphatic heterocycles. The van der Waals surface area contributed by atoms with E-state index in [1.165, 1.54) is 37.4 Å². The molecule has 3 rings (SSSR count). The van der Waals surface area contributed by atoms with E-state index < -0.39 is 29.5 Å². The third-order valence-electron chi connectivity index (χ3n) is 5.63. The van der Waals surface area contributed by atoms with Gasteiger partial charge in [0.05, 0.1) is 19.2 Å². The van der Waals surface area contributed by atoms with Gasteiger partial charge in [0.25, 0.3) is 11.8 Å². The molecule has 11 heteroatoms. The molecule has 0 radical (unpaired) electrons. The highest BCUT2D eigenvalue weighted by molar-refractivity contribution is 6.08. The molecule has 0 aliphatic carbocycles. The molecule has 0 heterocycles. The van der Waals surface area contributed by atoms with E-state index in [1.54, 1.807) is 32.9 Å². The summed E-state index contributed by atoms with van der Waals surface area (Å²) in [6, 6.07) is 20.1. The van der Waals surface area contributed by atoms with Crippen LogP contribution in [-0.4, -0.2) is 49.0 Å². The van der Waals surface area contributed by atoms with Gasteiger partial charge in [0.15, 0.2) is 0 Å². The highest BCUT2D eigenvalue weighted by Gasteiger charge is 2.18. The van der Waals surface area contributed by atoms with Gasteiger partial charge in [-0.05, 0) is 56.7 Å². The first kappa shape index (κ1) is 31.3. The Kier molecular flexibility index (Phi) is 10.8. The number of amides is 3. The lowest BCUT2D eigenvalue weighted by Crippen LogP contribution is -2.36. The van der Waals surface area contributed by atoms with E-state index in [-0.39, 0.29) is 42.2 Å². The van der Waals surface area contributed by atoms with Crippen molar-refractivity contribution in [1.82, 2.24) is 10.6 Å². The van der Waals surface area contributed by atoms with Crippen LogP contribution in [0.2, 0.25) is 0 Å². The summed E-state index contributed by atoms with van der Waals surface area (Å²) in [4.78, 5) is 49.2. The van der Waals surface area contributed by atoms with Gasteiger partial charge in [0, 0.05) is 23.2 Å². The molecule has 4 N–H and O–H groups in total. The Morgan fingerprint density at radius 3 is 2.12 bits per heavy atom. The van der Waals surface area contributed by atoms with Gasteiger partial charge in [-0.15, -0.1) is 0 Å². The summed E-state index contributed by atoms with van der Waals surface area (Å²) in [6.07, 6.45) is -0.739. The first-order valence-electron chi connectivity index (χ1n) is 13.1. The van der Waals surface area contributed by atoms with Crippen LogP contribution in [0.1, 0.15) is 59.0 Å². The topological polar surface area (TPSA) is 156 Å². The number of carbonyl (C=O) groups excluding carboxylic acids is 4. The molecule has 0 spiro atoms. The van der Waals surface area contributed by atoms with Crippen molar-refractivity contribution in [1.29, 1.82) is 5.41 Å². The Morgan fingerprint density at radius 2 is 1.48 bits per heavy atom. The monoisotopic (exact) mass is 574 g/mol. The van der Waals surface area contributed by atoms with Crippen LogP contribution in [0.4, 0.5) is 10.5 Å². The van der Waals surface area contributed by atoms with Crippen LogP contribution >= 0.6 is 0 Å². The van der Waals surface area contributed by atoms with Crippen molar-refractivity contribution in [2.24, 2.45) is 0 Å². The maximum Gasteiger partial charge on any atom is 0.413 e. The van der Waals surface area contributed by atoms with E-state index in [0.29, 0.717) is 11.3 Å². The molecule has 3 amide bonds. The zero-order valence-electron chi connectivity index (χ0n) is 23.9. The van der Waals surface area contributed by atoms with Crippen LogP contribution in [0.15, 0.2) is 72.8 Å². The molecule has 220 valence electrons. The van der Waals surface area contributed by atoms with Crippen LogP contribution in [0, 0.1) is 5.41 Å². The fraction of sp³-hybridized carbons (Fsp3) is 0.258. The minimum atomic E-state index is -0.758. The number of esters is 1. The number of rotatable bonds is 10. The lowest BCUT2D eigenvalue weighted by Gasteiger charge is -2.19. The highest BCUT2D eigenvalue weighted by atomic mass is 16.6. The summed E-state index contributed by atoms with van der Waals surface area (Å²) >= 11 is 0. The third-order valence-corrected chi connectivity index (χ3v) is 5.63. The van der Waals surface area contributed by atoms with E-state index in [0.717, 1.165) is 5.56 Å². The Hall–Kier alpha value is -5.19. The van der Waals surface area contributed by atoms with Gasteiger partial charge in [-0.1, -0.05) is 42.5 Å². The largest absolute Gasteiger partial charge is 0.487 e. The van der Waals surface area contributed by atoms with Crippen molar-refractivity contribution in [3.63, 3.8) is 0 Å². The quantitative estimate of drug-likeness (QED) is 0.156. The summed E-state index contributed by atoms with van der Waals surface area (Å²) in [6.45, 7) is 5.47. The van der Waals surface area contributed by atoms with E-state index in [9.17, 15) is 19.2 Å². The molecule has 11 nitrogen and oxygen atoms in total. The predicted octanol–water partition coefficient (Wildman–Crippen LogP) is 4.66. The Labute approximate surface area is 244 Å². The van der Waals surface area contributed by atoms with Crippen LogP contribution < -0.4 is 20.7 Å². The molecule has 0 aliphatic rings. The average molecular weight is 575 g/mol. The first-order chi connectivity index (χ1) is 19.9. The molecule has 0 saturated heterocycles. The van der Waals surface area contributed by atoms with Gasteiger partial charge in [0.1, 0.15) is 23.8 Å². The van der Waals surface area contributed by atoms with Gasteiger partial charge >= 0.3 is 12.1 Å². The van der Waals surface area contributed by atoms with Crippen molar-refractivity contribution in [3.8, 4) is 5.75 Å². The second-order valence-electron chi connectivity index (χ2n) is 10.1. The summed E-state index contributed by atoms with van der Waals surface area (Å²) in [5.74, 6) is -1.21. The van der Waals surface area contributed by atoms with Gasteiger partial charge in [-0.2, -0.15) is 0 Å². The number of hydrogen-bond donors (Lipinski definition) is 4. The van der Waals surface area contributed by atoms with Crippen LogP contribution in [0.25, 0.3) is 0 Å². The number of alkyl carbamates (subject to hydrolysis) is 1. The zero-order valence-corrected chi connectivity index (χ0v) is 23.9. The molecule has 0 fully saturated rings. The molecule has 0 unspecified atom stereocenters. The number of methoxy groups -OCH3 is 1. The number of benzene rings is 3. The fourth-order valence-electron chi connectivity index (χ4n) is 3.57. The highest BCUT2D eigenvalue weighted by Crippen LogP contribution is 2.28. The SMILES string of the molecule is COC(=O)CCNC(=O)c1ccc(OCc2ccccc2)c(NC(=O)c2ccc(C(=N)NC(=O)OC(C)(C)C)cc2)c1. The van der Waals surface area contributed by atoms with Gasteiger partial charge in [-0.25, -0.2) is 4.79 Å². The summed E-state index contributed by atoms with van der Waals surface area (Å²) in [7, 11) is 1.27. The van der Waals surface area contributed by atoms with E-state index in [1.807, 2.05) is 30.3 Å². The number of amidine groups is 1. The summed E-state index contributed by atoms with van der Waals surface area (Å²) in [5, 5.41) is 15.9. The maximum absolute atomic E-state index is 13.2. The minimum absolute atomic E-state index is 0.0187. The van der Waals surface area contributed by atoms with Crippen molar-refractivity contribution in [2.75, 3.05) is 19.0 Å². The van der Waals surface area contributed by atoms with E-state index in [2.05, 4.69) is 20.7 Å². The number of hydrogen-bond acceptors (Lipinski definition) is 8. The molecule has 0 aromatic heterocycles. The second kappa shape index (κ2) is 14.4. The maximum atomic E-state index is 13.2. The van der Waals surface area contributed by atoms with Gasteiger partial charge in [0.2, 0.25) is 0 Å². The Bertz CT molecular complexity index is 1430. The molecule has 0 bridgehead atoms. The second-order valence-corrected chi connectivity index (χ2v) is 10.1. The minimum Gasteiger partial charge on any atom is -0.487 e. The van der Waals surface area contributed by atoms with E-state index >= 15 is 0 Å². The molecule has 3 aromatic rings. The number of ether oxygens (including phenoxy) is 3. The zero-order chi connectivity index (χ0) is 30.7. The number of nitrogens with one attached hydrogen (secondary N) is 4. The van der Waals surface area contributed by atoms with Crippen LogP contribution in [-0.2, 0) is 20.9 Å². The van der Waals surface area contributed by atoms with Crippen molar-refractivity contribution < 1.29 is 33.4 Å².